The van der Waals surface area contributed by atoms with Crippen molar-refractivity contribution in [1.29, 1.82) is 0 Å². The maximum absolute atomic E-state index is 12.3. The summed E-state index contributed by atoms with van der Waals surface area (Å²) in [6.07, 6.45) is 17.2. The van der Waals surface area contributed by atoms with Crippen LogP contribution in [-0.2, 0) is 19.6 Å². The number of ether oxygens (including phenoxy) is 1. The normalized spacial score (nSPS) is 38.9. The van der Waals surface area contributed by atoms with Crippen molar-refractivity contribution in [3.63, 3.8) is 0 Å². The zero-order valence-electron chi connectivity index (χ0n) is 28.1. The molecule has 5 aliphatic rings. The molecule has 44 heavy (non-hydrogen) atoms. The molecule has 1 aromatic rings. The first-order valence-electron chi connectivity index (χ1n) is 17.5. The molecule has 5 fully saturated rings. The van der Waals surface area contributed by atoms with E-state index in [1.54, 1.807) is 13.0 Å². The van der Waals surface area contributed by atoms with E-state index >= 15 is 0 Å². The number of fused-ring (bicyclic) bond motifs is 5. The fourth-order valence-electron chi connectivity index (χ4n) is 10.7. The van der Waals surface area contributed by atoms with Gasteiger partial charge in [-0.3, -0.25) is 9.69 Å². The van der Waals surface area contributed by atoms with Gasteiger partial charge in [0, 0.05) is 25.8 Å². The van der Waals surface area contributed by atoms with Crippen molar-refractivity contribution in [2.45, 2.75) is 120 Å². The van der Waals surface area contributed by atoms with Crippen molar-refractivity contribution in [1.82, 2.24) is 4.90 Å². The van der Waals surface area contributed by atoms with E-state index < -0.39 is 10.1 Å². The highest BCUT2D eigenvalue weighted by molar-refractivity contribution is 7.85. The molecule has 0 N–H and O–H groups in total. The maximum Gasteiger partial charge on any atom is 0.303 e. The van der Waals surface area contributed by atoms with E-state index in [1.165, 1.54) is 119 Å². The number of piperidine rings is 1. The van der Waals surface area contributed by atoms with Crippen LogP contribution in [0.4, 0.5) is 0 Å². The number of hydrogen-bond donors (Lipinski definition) is 0. The Labute approximate surface area is 267 Å². The first kappa shape index (κ1) is 33.9. The summed E-state index contributed by atoms with van der Waals surface area (Å²) in [5.74, 6) is 3.32. The van der Waals surface area contributed by atoms with E-state index in [-0.39, 0.29) is 16.5 Å². The molecule has 0 radical (unpaired) electrons. The van der Waals surface area contributed by atoms with Gasteiger partial charge in [-0.2, -0.15) is 0 Å². The van der Waals surface area contributed by atoms with Crippen molar-refractivity contribution in [3.8, 4) is 0 Å². The van der Waals surface area contributed by atoms with Gasteiger partial charge in [-0.1, -0.05) is 38.0 Å². The molecule has 6 rings (SSSR count). The number of quaternary nitrogens is 1. The quantitative estimate of drug-likeness (QED) is 0.211. The van der Waals surface area contributed by atoms with Crippen molar-refractivity contribution < 1.29 is 27.0 Å². The number of esters is 1. The molecular weight excluding hydrogens is 572 g/mol. The molecule has 0 unspecified atom stereocenters. The predicted octanol–water partition coefficient (Wildman–Crippen LogP) is 6.63. The monoisotopic (exact) mass is 630 g/mol. The molecule has 1 aromatic carbocycles. The van der Waals surface area contributed by atoms with Crippen LogP contribution in [-0.4, -0.2) is 79.7 Å². The minimum Gasteiger partial charge on any atom is -0.744 e. The summed E-state index contributed by atoms with van der Waals surface area (Å²) in [4.78, 5) is 14.8. The molecule has 248 valence electrons. The molecule has 2 heterocycles. The molecule has 0 aromatic heterocycles. The number of carbonyl (C=O) groups excluding carboxylic acids is 1. The van der Waals surface area contributed by atoms with Gasteiger partial charge in [0.1, 0.15) is 15.7 Å². The van der Waals surface area contributed by atoms with Gasteiger partial charge in [0.05, 0.1) is 31.1 Å². The Kier molecular flexibility index (Phi) is 9.98. The lowest BCUT2D eigenvalue weighted by Gasteiger charge is -2.66. The average Bonchev–Trinajstić information content (AvgIpc) is 3.22. The molecule has 7 nitrogen and oxygen atoms in total. The van der Waals surface area contributed by atoms with Crippen LogP contribution in [0.25, 0.3) is 0 Å². The summed E-state index contributed by atoms with van der Waals surface area (Å²) in [6.45, 7) is 11.6. The minimum absolute atomic E-state index is 0.0669. The Morgan fingerprint density at radius 3 is 2.23 bits per heavy atom. The van der Waals surface area contributed by atoms with Gasteiger partial charge in [-0.15, -0.1) is 0 Å². The van der Waals surface area contributed by atoms with Crippen LogP contribution in [0.5, 0.6) is 0 Å². The Morgan fingerprint density at radius 2 is 1.61 bits per heavy atom. The van der Waals surface area contributed by atoms with Crippen molar-refractivity contribution in [3.05, 3.63) is 30.3 Å². The Balaban J connectivity index is 0.000000328. The van der Waals surface area contributed by atoms with Crippen LogP contribution < -0.4 is 0 Å². The zero-order valence-corrected chi connectivity index (χ0v) is 28.9. The number of likely N-dealkylation sites (tertiary alicyclic amines) is 2. The number of benzene rings is 1. The highest BCUT2D eigenvalue weighted by Gasteiger charge is 2.63. The van der Waals surface area contributed by atoms with Gasteiger partial charge in [0.2, 0.25) is 0 Å². The topological polar surface area (TPSA) is 86.7 Å². The van der Waals surface area contributed by atoms with Gasteiger partial charge in [0.25, 0.3) is 0 Å². The van der Waals surface area contributed by atoms with Crippen LogP contribution in [0.15, 0.2) is 35.2 Å². The molecule has 3 aliphatic carbocycles. The fraction of sp³-hybridized carbons (Fsp3) is 0.806. The second kappa shape index (κ2) is 13.0. The largest absolute Gasteiger partial charge is 0.744 e. The van der Waals surface area contributed by atoms with E-state index in [9.17, 15) is 17.8 Å². The first-order chi connectivity index (χ1) is 20.7. The van der Waals surface area contributed by atoms with Crippen molar-refractivity contribution in [2.75, 3.05) is 40.3 Å². The van der Waals surface area contributed by atoms with Gasteiger partial charge < -0.3 is 13.8 Å². The highest BCUT2D eigenvalue weighted by atomic mass is 32.2. The lowest BCUT2D eigenvalue weighted by atomic mass is 9.44. The summed E-state index contributed by atoms with van der Waals surface area (Å²) in [6, 6.07) is 7.19. The summed E-state index contributed by atoms with van der Waals surface area (Å²) in [5.41, 5.74) is 0.646. The van der Waals surface area contributed by atoms with E-state index in [1.807, 2.05) is 0 Å². The number of nitrogens with zero attached hydrogens (tertiary/aromatic N) is 2. The van der Waals surface area contributed by atoms with Crippen LogP contribution in [0.3, 0.4) is 0 Å². The van der Waals surface area contributed by atoms with Gasteiger partial charge in [0.15, 0.2) is 0 Å². The number of carbonyl (C=O) groups is 1. The highest BCUT2D eigenvalue weighted by Crippen LogP contribution is 2.65. The molecular formula is C36H58N2O5S. The van der Waals surface area contributed by atoms with Crippen molar-refractivity contribution >= 4 is 16.1 Å². The maximum atomic E-state index is 12.3. The molecule has 2 saturated heterocycles. The number of hydrogen-bond acceptors (Lipinski definition) is 6. The molecule has 0 spiro atoms. The second-order valence-electron chi connectivity index (χ2n) is 16.0. The number of rotatable bonds is 4. The predicted molar refractivity (Wildman–Crippen MR) is 173 cm³/mol. The lowest BCUT2D eigenvalue weighted by molar-refractivity contribution is -0.952. The summed E-state index contributed by atoms with van der Waals surface area (Å²) >= 11 is 0. The van der Waals surface area contributed by atoms with E-state index in [0.717, 1.165) is 37.1 Å². The standard InChI is InChI=1S/C30H53N2O2.C6H6O3S/c1-23(33)34-30(22-31-18-8-6-7-9-19-31)17-16-28(2)24(21-30)12-13-25-26(28)14-15-29(3)27(25)11-10-20-32(29,4)5;7-10(8,9)6-4-2-1-3-5-6/h24-27H,6-22H2,1-5H3;1-5H,(H,7,8,9)/q+1;/p-1/t24-,25+,26-,27-,28-,29-,30+;/m0./s1. The molecule has 3 saturated carbocycles. The molecule has 8 heteroatoms. The van der Waals surface area contributed by atoms with Crippen LogP contribution in [0, 0.1) is 29.1 Å². The summed E-state index contributed by atoms with van der Waals surface area (Å²) in [5, 5.41) is 0. The van der Waals surface area contributed by atoms with Crippen molar-refractivity contribution in [2.24, 2.45) is 29.1 Å². The third kappa shape index (κ3) is 6.79. The summed E-state index contributed by atoms with van der Waals surface area (Å²) in [7, 11) is 0.768. The zero-order chi connectivity index (χ0) is 31.8. The first-order valence-corrected chi connectivity index (χ1v) is 18.9. The SMILES string of the molecule is CC(=O)O[C@]1(CN2CCCCCC2)CC[C@@]2(C)[C@@H](CC[C@@H]3[C@@H]2CC[C@@]2(C)[C@H]3CCC[N+]2(C)C)C1.O=S(=O)([O-])c1ccccc1. The second-order valence-corrected chi connectivity index (χ2v) is 17.4. The summed E-state index contributed by atoms with van der Waals surface area (Å²) < 4.78 is 38.4. The van der Waals surface area contributed by atoms with E-state index in [0.29, 0.717) is 16.9 Å². The van der Waals surface area contributed by atoms with E-state index in [4.69, 9.17) is 4.74 Å². The van der Waals surface area contributed by atoms with Crippen LogP contribution in [0.1, 0.15) is 104 Å². The Bertz CT molecular complexity index is 1250. The minimum atomic E-state index is -4.25. The lowest BCUT2D eigenvalue weighted by Crippen LogP contribution is -2.69. The smallest absolute Gasteiger partial charge is 0.303 e. The molecule has 0 amide bonds. The molecule has 7 atom stereocenters. The van der Waals surface area contributed by atoms with Gasteiger partial charge >= 0.3 is 5.97 Å². The van der Waals surface area contributed by atoms with Crippen LogP contribution >= 0.6 is 0 Å². The Morgan fingerprint density at radius 1 is 0.932 bits per heavy atom. The third-order valence-electron chi connectivity index (χ3n) is 13.4. The van der Waals surface area contributed by atoms with E-state index in [2.05, 4.69) is 32.8 Å². The third-order valence-corrected chi connectivity index (χ3v) is 14.2. The Hall–Kier alpha value is -1.48. The fourth-order valence-corrected chi connectivity index (χ4v) is 11.2. The van der Waals surface area contributed by atoms with Gasteiger partial charge in [-0.05, 0) is 120 Å². The van der Waals surface area contributed by atoms with Gasteiger partial charge in [-0.25, -0.2) is 8.42 Å². The average molecular weight is 631 g/mol. The molecule has 0 bridgehead atoms. The molecule has 2 aliphatic heterocycles. The van der Waals surface area contributed by atoms with Crippen LogP contribution in [0.2, 0.25) is 0 Å².